The molecule has 0 radical (unpaired) electrons. The first kappa shape index (κ1) is 15.8. The minimum atomic E-state index is -3.88. The largest absolute Gasteiger partial charge is 0.496 e. The number of rotatable bonds is 4. The van der Waals surface area contributed by atoms with E-state index < -0.39 is 16.0 Å². The zero-order valence-electron chi connectivity index (χ0n) is 11.9. The molecule has 0 atom stereocenters. The van der Waals surface area contributed by atoms with Crippen molar-refractivity contribution in [3.05, 3.63) is 23.8 Å². The lowest BCUT2D eigenvalue weighted by molar-refractivity contribution is 0.0207. The highest BCUT2D eigenvalue weighted by atomic mass is 32.2. The number of methoxy groups -OCH3 is 1. The van der Waals surface area contributed by atoms with E-state index >= 15 is 0 Å². The van der Waals surface area contributed by atoms with Gasteiger partial charge in [-0.25, -0.2) is 18.4 Å². The second-order valence-corrected chi connectivity index (χ2v) is 6.63. The number of carbonyl (C=O) groups is 1. The van der Waals surface area contributed by atoms with Crippen LogP contribution < -0.4 is 9.88 Å². The number of ether oxygens (including phenoxy) is 2. The van der Waals surface area contributed by atoms with Crippen LogP contribution in [0.4, 0.5) is 0 Å². The topological polar surface area (TPSA) is 95.7 Å². The van der Waals surface area contributed by atoms with Gasteiger partial charge in [0.25, 0.3) is 0 Å². The lowest BCUT2D eigenvalue weighted by Gasteiger charge is -2.22. The molecule has 116 valence electrons. The molecule has 1 aliphatic carbocycles. The van der Waals surface area contributed by atoms with Gasteiger partial charge in [-0.05, 0) is 43.9 Å². The third-order valence-electron chi connectivity index (χ3n) is 3.55. The Hall–Kier alpha value is -1.60. The maximum atomic E-state index is 12.2. The highest BCUT2D eigenvalue weighted by Crippen LogP contribution is 2.26. The fourth-order valence-electron chi connectivity index (χ4n) is 2.42. The van der Waals surface area contributed by atoms with Crippen LogP contribution >= 0.6 is 0 Å². The number of hydrogen-bond donors (Lipinski definition) is 1. The summed E-state index contributed by atoms with van der Waals surface area (Å²) < 4.78 is 33.3. The van der Waals surface area contributed by atoms with Crippen molar-refractivity contribution in [2.24, 2.45) is 5.14 Å². The Labute approximate surface area is 124 Å². The van der Waals surface area contributed by atoms with Gasteiger partial charge < -0.3 is 9.47 Å². The average molecular weight is 313 g/mol. The van der Waals surface area contributed by atoms with E-state index in [4.69, 9.17) is 14.6 Å². The Balaban J connectivity index is 2.25. The molecule has 0 aliphatic heterocycles. The van der Waals surface area contributed by atoms with Gasteiger partial charge in [0.15, 0.2) is 0 Å². The molecule has 0 spiro atoms. The van der Waals surface area contributed by atoms with E-state index in [0.717, 1.165) is 32.1 Å². The van der Waals surface area contributed by atoms with Crippen molar-refractivity contribution in [2.45, 2.75) is 43.1 Å². The molecule has 1 saturated carbocycles. The summed E-state index contributed by atoms with van der Waals surface area (Å²) in [6, 6.07) is 3.89. The van der Waals surface area contributed by atoms with Crippen LogP contribution in [0.3, 0.4) is 0 Å². The monoisotopic (exact) mass is 313 g/mol. The summed E-state index contributed by atoms with van der Waals surface area (Å²) >= 11 is 0. The van der Waals surface area contributed by atoms with Gasteiger partial charge in [0.05, 0.1) is 12.0 Å². The second kappa shape index (κ2) is 6.44. The van der Waals surface area contributed by atoms with Gasteiger partial charge in [0, 0.05) is 0 Å². The molecular formula is C14H19NO5S. The van der Waals surface area contributed by atoms with E-state index in [2.05, 4.69) is 0 Å². The van der Waals surface area contributed by atoms with Crippen LogP contribution in [0.2, 0.25) is 0 Å². The van der Waals surface area contributed by atoms with Gasteiger partial charge in [-0.3, -0.25) is 0 Å². The van der Waals surface area contributed by atoms with Crippen LogP contribution in [0.5, 0.6) is 5.75 Å². The smallest absolute Gasteiger partial charge is 0.342 e. The molecule has 21 heavy (non-hydrogen) atoms. The zero-order valence-corrected chi connectivity index (χ0v) is 12.7. The number of primary sulfonamides is 1. The van der Waals surface area contributed by atoms with Crippen molar-refractivity contribution in [2.75, 3.05) is 7.11 Å². The minimum Gasteiger partial charge on any atom is -0.496 e. The molecule has 0 unspecified atom stereocenters. The molecular weight excluding hydrogens is 294 g/mol. The summed E-state index contributed by atoms with van der Waals surface area (Å²) in [5.41, 5.74) is 0.0783. The molecule has 1 aromatic carbocycles. The Kier molecular flexibility index (Phi) is 4.84. The van der Waals surface area contributed by atoms with E-state index in [9.17, 15) is 13.2 Å². The van der Waals surface area contributed by atoms with E-state index in [1.165, 1.54) is 25.3 Å². The summed E-state index contributed by atoms with van der Waals surface area (Å²) in [4.78, 5) is 12.1. The molecule has 6 nitrogen and oxygen atoms in total. The maximum absolute atomic E-state index is 12.2. The molecule has 2 N–H and O–H groups in total. The van der Waals surface area contributed by atoms with Crippen molar-refractivity contribution in [3.63, 3.8) is 0 Å². The number of nitrogens with two attached hydrogens (primary N) is 1. The molecule has 0 amide bonds. The van der Waals surface area contributed by atoms with Gasteiger partial charge >= 0.3 is 5.97 Å². The molecule has 0 aromatic heterocycles. The maximum Gasteiger partial charge on any atom is 0.342 e. The first-order chi connectivity index (χ1) is 9.91. The highest BCUT2D eigenvalue weighted by molar-refractivity contribution is 7.89. The van der Waals surface area contributed by atoms with E-state index in [-0.39, 0.29) is 22.3 Å². The quantitative estimate of drug-likeness (QED) is 0.856. The standard InChI is InChI=1S/C14H19NO5S/c1-19-13-8-7-11(21(15,17)18)9-12(13)14(16)20-10-5-3-2-4-6-10/h7-10H,2-6H2,1H3,(H2,15,17,18). The first-order valence-electron chi connectivity index (χ1n) is 6.83. The molecule has 0 saturated heterocycles. The summed E-state index contributed by atoms with van der Waals surface area (Å²) in [6.45, 7) is 0. The molecule has 1 aromatic rings. The normalized spacial score (nSPS) is 16.5. The van der Waals surface area contributed by atoms with Crippen molar-refractivity contribution in [1.82, 2.24) is 0 Å². The molecule has 0 bridgehead atoms. The van der Waals surface area contributed by atoms with Crippen molar-refractivity contribution in [3.8, 4) is 5.75 Å². The van der Waals surface area contributed by atoms with E-state index in [1.807, 2.05) is 0 Å². The fraction of sp³-hybridized carbons (Fsp3) is 0.500. The van der Waals surface area contributed by atoms with Gasteiger partial charge in [-0.2, -0.15) is 0 Å². The highest BCUT2D eigenvalue weighted by Gasteiger charge is 2.23. The van der Waals surface area contributed by atoms with Crippen LogP contribution in [0.25, 0.3) is 0 Å². The fourth-order valence-corrected chi connectivity index (χ4v) is 2.96. The van der Waals surface area contributed by atoms with Gasteiger partial charge in [-0.15, -0.1) is 0 Å². The summed E-state index contributed by atoms with van der Waals surface area (Å²) in [6.07, 6.45) is 4.78. The molecule has 0 heterocycles. The van der Waals surface area contributed by atoms with Gasteiger partial charge in [0.2, 0.25) is 10.0 Å². The number of benzene rings is 1. The van der Waals surface area contributed by atoms with Crippen LogP contribution in [0.15, 0.2) is 23.1 Å². The van der Waals surface area contributed by atoms with Crippen LogP contribution in [0, 0.1) is 0 Å². The number of carbonyl (C=O) groups excluding carboxylic acids is 1. The Bertz CT molecular complexity index is 620. The zero-order chi connectivity index (χ0) is 15.5. The predicted octanol–water partition coefficient (Wildman–Crippen LogP) is 1.83. The number of hydrogen-bond acceptors (Lipinski definition) is 5. The van der Waals surface area contributed by atoms with Crippen LogP contribution in [0.1, 0.15) is 42.5 Å². The third-order valence-corrected chi connectivity index (χ3v) is 4.46. The van der Waals surface area contributed by atoms with Gasteiger partial charge in [0.1, 0.15) is 17.4 Å². The van der Waals surface area contributed by atoms with Crippen molar-refractivity contribution in [1.29, 1.82) is 0 Å². The molecule has 7 heteroatoms. The van der Waals surface area contributed by atoms with Crippen molar-refractivity contribution >= 4 is 16.0 Å². The van der Waals surface area contributed by atoms with Crippen LogP contribution in [-0.2, 0) is 14.8 Å². The molecule has 1 fully saturated rings. The summed E-state index contributed by atoms with van der Waals surface area (Å²) in [5, 5.41) is 5.08. The Morgan fingerprint density at radius 1 is 1.24 bits per heavy atom. The number of esters is 1. The summed E-state index contributed by atoms with van der Waals surface area (Å²) in [5.74, 6) is -0.313. The van der Waals surface area contributed by atoms with Gasteiger partial charge in [-0.1, -0.05) is 6.42 Å². The third kappa shape index (κ3) is 3.95. The molecule has 2 rings (SSSR count). The Morgan fingerprint density at radius 3 is 2.48 bits per heavy atom. The lowest BCUT2D eigenvalue weighted by Crippen LogP contribution is -2.21. The second-order valence-electron chi connectivity index (χ2n) is 5.07. The minimum absolute atomic E-state index is 0.0783. The lowest BCUT2D eigenvalue weighted by atomic mass is 9.98. The molecule has 1 aliphatic rings. The van der Waals surface area contributed by atoms with Crippen LogP contribution in [-0.4, -0.2) is 27.6 Å². The van der Waals surface area contributed by atoms with E-state index in [1.54, 1.807) is 0 Å². The van der Waals surface area contributed by atoms with E-state index in [0.29, 0.717) is 0 Å². The van der Waals surface area contributed by atoms with Crippen molar-refractivity contribution < 1.29 is 22.7 Å². The SMILES string of the molecule is COc1ccc(S(N)(=O)=O)cc1C(=O)OC1CCCCC1. The summed E-state index contributed by atoms with van der Waals surface area (Å²) in [7, 11) is -2.47. The Morgan fingerprint density at radius 2 is 1.90 bits per heavy atom. The first-order valence-corrected chi connectivity index (χ1v) is 8.38. The average Bonchev–Trinajstić information content (AvgIpc) is 2.46. The number of sulfonamides is 1. The predicted molar refractivity (Wildman–Crippen MR) is 76.7 cm³/mol.